The standard InChI is InChI=1S/C20H30N4O4/c1-13-4-6-14(7-5-13)22-19(25)15-10-18(24(27)28)16(21-3)11-17(15)23-9-8-20(2,26)12-23/h10-11,13-14,21,26H,4-9,12H2,1-3H3,(H,22,25). The van der Waals surface area contributed by atoms with Gasteiger partial charge < -0.3 is 20.6 Å². The lowest BCUT2D eigenvalue weighted by molar-refractivity contribution is -0.383. The smallest absolute Gasteiger partial charge is 0.293 e. The summed E-state index contributed by atoms with van der Waals surface area (Å²) >= 11 is 0. The average Bonchev–Trinajstić information content (AvgIpc) is 3.02. The van der Waals surface area contributed by atoms with Crippen molar-refractivity contribution >= 4 is 23.0 Å². The third kappa shape index (κ3) is 4.38. The van der Waals surface area contributed by atoms with E-state index in [0.29, 0.717) is 42.4 Å². The van der Waals surface area contributed by atoms with Gasteiger partial charge in [-0.05, 0) is 51.0 Å². The van der Waals surface area contributed by atoms with E-state index in [-0.39, 0.29) is 17.6 Å². The predicted octanol–water partition coefficient (Wildman–Crippen LogP) is 2.91. The lowest BCUT2D eigenvalue weighted by atomic mass is 9.87. The Bertz CT molecular complexity index is 757. The van der Waals surface area contributed by atoms with Gasteiger partial charge in [-0.2, -0.15) is 0 Å². The molecule has 1 aliphatic carbocycles. The van der Waals surface area contributed by atoms with Gasteiger partial charge >= 0.3 is 0 Å². The van der Waals surface area contributed by atoms with Crippen LogP contribution in [0, 0.1) is 16.0 Å². The minimum atomic E-state index is -0.838. The van der Waals surface area contributed by atoms with E-state index in [1.807, 2.05) is 4.90 Å². The van der Waals surface area contributed by atoms with E-state index < -0.39 is 10.5 Å². The van der Waals surface area contributed by atoms with Crippen molar-refractivity contribution in [3.8, 4) is 0 Å². The van der Waals surface area contributed by atoms with E-state index in [1.165, 1.54) is 6.07 Å². The Kier molecular flexibility index (Phi) is 5.79. The van der Waals surface area contributed by atoms with Crippen molar-refractivity contribution in [3.63, 3.8) is 0 Å². The van der Waals surface area contributed by atoms with E-state index in [4.69, 9.17) is 0 Å². The second-order valence-corrected chi connectivity index (χ2v) is 8.49. The molecule has 0 aromatic heterocycles. The van der Waals surface area contributed by atoms with Gasteiger partial charge in [-0.25, -0.2) is 0 Å². The lowest BCUT2D eigenvalue weighted by Gasteiger charge is -2.28. The first kappa shape index (κ1) is 20.4. The van der Waals surface area contributed by atoms with E-state index >= 15 is 0 Å². The predicted molar refractivity (Wildman–Crippen MR) is 109 cm³/mol. The molecule has 8 heteroatoms. The lowest BCUT2D eigenvalue weighted by Crippen LogP contribution is -2.38. The van der Waals surface area contributed by atoms with Crippen LogP contribution >= 0.6 is 0 Å². The third-order valence-corrected chi connectivity index (χ3v) is 5.97. The zero-order valence-electron chi connectivity index (χ0n) is 16.8. The second-order valence-electron chi connectivity index (χ2n) is 8.49. The van der Waals surface area contributed by atoms with Gasteiger partial charge in [0.2, 0.25) is 0 Å². The zero-order chi connectivity index (χ0) is 20.5. The summed E-state index contributed by atoms with van der Waals surface area (Å²) in [4.78, 5) is 26.0. The Morgan fingerprint density at radius 1 is 1.32 bits per heavy atom. The molecule has 3 N–H and O–H groups in total. The average molecular weight is 390 g/mol. The monoisotopic (exact) mass is 390 g/mol. The Labute approximate surface area is 165 Å². The number of nitro benzene ring substituents is 1. The molecule has 1 amide bonds. The maximum atomic E-state index is 13.1. The summed E-state index contributed by atoms with van der Waals surface area (Å²) in [6, 6.07) is 3.10. The van der Waals surface area contributed by atoms with E-state index in [1.54, 1.807) is 20.0 Å². The molecule has 1 aromatic rings. The number of benzene rings is 1. The van der Waals surface area contributed by atoms with Gasteiger partial charge in [0.1, 0.15) is 5.69 Å². The fourth-order valence-corrected chi connectivity index (χ4v) is 4.19. The Morgan fingerprint density at radius 2 is 2.00 bits per heavy atom. The molecule has 154 valence electrons. The van der Waals surface area contributed by atoms with Crippen molar-refractivity contribution in [1.82, 2.24) is 5.32 Å². The molecule has 1 saturated carbocycles. The number of nitro groups is 1. The number of nitrogens with zero attached hydrogens (tertiary/aromatic N) is 2. The molecule has 28 heavy (non-hydrogen) atoms. The van der Waals surface area contributed by atoms with Crippen LogP contribution in [0.25, 0.3) is 0 Å². The summed E-state index contributed by atoms with van der Waals surface area (Å²) in [5.41, 5.74) is 0.306. The molecule has 1 aliphatic heterocycles. The van der Waals surface area contributed by atoms with Crippen molar-refractivity contribution in [2.45, 2.75) is 57.6 Å². The number of anilines is 2. The molecular formula is C20H30N4O4. The molecule has 1 atom stereocenters. The van der Waals surface area contributed by atoms with Crippen LogP contribution in [0.5, 0.6) is 0 Å². The number of carbonyl (C=O) groups excluding carboxylic acids is 1. The minimum Gasteiger partial charge on any atom is -0.388 e. The molecule has 1 unspecified atom stereocenters. The summed E-state index contributed by atoms with van der Waals surface area (Å²) in [6.45, 7) is 4.96. The van der Waals surface area contributed by atoms with Crippen LogP contribution in [0.15, 0.2) is 12.1 Å². The largest absolute Gasteiger partial charge is 0.388 e. The zero-order valence-corrected chi connectivity index (χ0v) is 16.8. The van der Waals surface area contributed by atoms with Crippen molar-refractivity contribution < 1.29 is 14.8 Å². The SMILES string of the molecule is CNc1cc(N2CCC(C)(O)C2)c(C(=O)NC2CCC(C)CC2)cc1[N+](=O)[O-]. The van der Waals surface area contributed by atoms with Crippen LogP contribution in [0.2, 0.25) is 0 Å². The van der Waals surface area contributed by atoms with Crippen LogP contribution in [0.4, 0.5) is 17.1 Å². The normalized spacial score (nSPS) is 27.5. The number of amides is 1. The summed E-state index contributed by atoms with van der Waals surface area (Å²) in [5, 5.41) is 27.8. The first-order chi connectivity index (χ1) is 13.2. The molecule has 0 bridgehead atoms. The number of aliphatic hydroxyl groups is 1. The third-order valence-electron chi connectivity index (χ3n) is 5.97. The highest BCUT2D eigenvalue weighted by atomic mass is 16.6. The van der Waals surface area contributed by atoms with Gasteiger partial charge in [-0.1, -0.05) is 6.92 Å². The molecule has 1 aromatic carbocycles. The molecule has 3 rings (SSSR count). The number of nitrogens with one attached hydrogen (secondary N) is 2. The van der Waals surface area contributed by atoms with Crippen LogP contribution in [-0.2, 0) is 0 Å². The first-order valence-corrected chi connectivity index (χ1v) is 9.98. The summed E-state index contributed by atoms with van der Waals surface area (Å²) in [6.07, 6.45) is 4.59. The highest BCUT2D eigenvalue weighted by Crippen LogP contribution is 2.36. The van der Waals surface area contributed by atoms with Gasteiger partial charge in [-0.3, -0.25) is 14.9 Å². The molecule has 8 nitrogen and oxygen atoms in total. The number of hydrogen-bond acceptors (Lipinski definition) is 6. The highest BCUT2D eigenvalue weighted by Gasteiger charge is 2.35. The molecule has 2 aliphatic rings. The van der Waals surface area contributed by atoms with E-state index in [0.717, 1.165) is 25.7 Å². The highest BCUT2D eigenvalue weighted by molar-refractivity contribution is 6.02. The summed E-state index contributed by atoms with van der Waals surface area (Å²) in [7, 11) is 1.62. The Balaban J connectivity index is 1.93. The molecule has 0 radical (unpaired) electrons. The maximum absolute atomic E-state index is 13.1. The fourth-order valence-electron chi connectivity index (χ4n) is 4.19. The molecular weight excluding hydrogens is 360 g/mol. The van der Waals surface area contributed by atoms with Crippen molar-refractivity contribution in [1.29, 1.82) is 0 Å². The van der Waals surface area contributed by atoms with Crippen LogP contribution in [0.1, 0.15) is 56.3 Å². The van der Waals surface area contributed by atoms with Gasteiger partial charge in [0.15, 0.2) is 0 Å². The van der Waals surface area contributed by atoms with Crippen LogP contribution < -0.4 is 15.5 Å². The molecule has 1 saturated heterocycles. The van der Waals surface area contributed by atoms with Crippen LogP contribution in [0.3, 0.4) is 0 Å². The summed E-state index contributed by atoms with van der Waals surface area (Å²) in [5.74, 6) is 0.387. The van der Waals surface area contributed by atoms with Crippen molar-refractivity contribution in [2.24, 2.45) is 5.92 Å². The number of β-amino-alcohol motifs (C(OH)–C–C–N with tert-alkyl or cyclic N) is 1. The molecule has 0 spiro atoms. The number of rotatable bonds is 5. The number of hydrogen-bond donors (Lipinski definition) is 3. The Hall–Kier alpha value is -2.35. The molecule has 1 heterocycles. The Morgan fingerprint density at radius 3 is 2.54 bits per heavy atom. The van der Waals surface area contributed by atoms with Gasteiger partial charge in [0.25, 0.3) is 11.6 Å². The van der Waals surface area contributed by atoms with Gasteiger partial charge in [0.05, 0.1) is 21.8 Å². The number of carbonyl (C=O) groups is 1. The minimum absolute atomic E-state index is 0.0984. The van der Waals surface area contributed by atoms with Crippen LogP contribution in [-0.4, -0.2) is 47.7 Å². The van der Waals surface area contributed by atoms with Crippen molar-refractivity contribution in [2.75, 3.05) is 30.4 Å². The molecule has 2 fully saturated rings. The van der Waals surface area contributed by atoms with Gasteiger partial charge in [-0.15, -0.1) is 0 Å². The van der Waals surface area contributed by atoms with E-state index in [2.05, 4.69) is 17.6 Å². The quantitative estimate of drug-likeness (QED) is 0.527. The maximum Gasteiger partial charge on any atom is 0.293 e. The topological polar surface area (TPSA) is 108 Å². The van der Waals surface area contributed by atoms with Crippen molar-refractivity contribution in [3.05, 3.63) is 27.8 Å². The first-order valence-electron chi connectivity index (χ1n) is 9.98. The summed E-state index contributed by atoms with van der Waals surface area (Å²) < 4.78 is 0. The van der Waals surface area contributed by atoms with Gasteiger partial charge in [0, 0.05) is 32.2 Å². The van der Waals surface area contributed by atoms with E-state index in [9.17, 15) is 20.0 Å². The second kappa shape index (κ2) is 7.95. The fraction of sp³-hybridized carbons (Fsp3) is 0.650.